The lowest BCUT2D eigenvalue weighted by atomic mass is 10.1. The molecule has 3 aromatic heterocycles. The van der Waals surface area contributed by atoms with Gasteiger partial charge in [0.05, 0.1) is 18.6 Å². The molecule has 1 aliphatic heterocycles. The number of carbonyl (C=O) groups is 1. The minimum absolute atomic E-state index is 0.0306. The zero-order valence-electron chi connectivity index (χ0n) is 25.3. The van der Waals surface area contributed by atoms with Crippen LogP contribution in [-0.2, 0) is 24.9 Å². The van der Waals surface area contributed by atoms with Crippen LogP contribution in [0.2, 0.25) is 0 Å². The van der Waals surface area contributed by atoms with Gasteiger partial charge >= 0.3 is 11.7 Å². The minimum atomic E-state index is -0.682. The molecular formula is C31H40N8O4. The summed E-state index contributed by atoms with van der Waals surface area (Å²) in [6.07, 6.45) is 5.16. The number of unbranched alkanes of at least 4 members (excludes halogenated alkanes) is 2. The van der Waals surface area contributed by atoms with E-state index in [4.69, 9.17) is 15.8 Å². The highest BCUT2D eigenvalue weighted by atomic mass is 16.4. The fraction of sp³-hybridized carbons (Fsp3) is 0.484. The van der Waals surface area contributed by atoms with Gasteiger partial charge in [-0.05, 0) is 39.2 Å². The predicted octanol–water partition coefficient (Wildman–Crippen LogP) is 2.80. The SMILES string of the molecule is CC#CCn1c(N2CCC[C@@H](N)C2)nc2c1c(=O)n(Cc1nc(C)c3ccccc3n1)c(=O)n2C.CCCCCC(=O)O. The molecule has 0 aliphatic carbocycles. The fourth-order valence-electron chi connectivity index (χ4n) is 5.27. The van der Waals surface area contributed by atoms with E-state index in [-0.39, 0.29) is 19.1 Å². The van der Waals surface area contributed by atoms with Gasteiger partial charge in [0.25, 0.3) is 5.56 Å². The fourth-order valence-corrected chi connectivity index (χ4v) is 5.27. The van der Waals surface area contributed by atoms with Gasteiger partial charge in [0.15, 0.2) is 11.2 Å². The summed E-state index contributed by atoms with van der Waals surface area (Å²) >= 11 is 0. The number of hydrogen-bond acceptors (Lipinski definition) is 8. The first-order valence-corrected chi connectivity index (χ1v) is 14.7. The van der Waals surface area contributed by atoms with Gasteiger partial charge in [0.2, 0.25) is 5.95 Å². The Kier molecular flexibility index (Phi) is 10.3. The summed E-state index contributed by atoms with van der Waals surface area (Å²) in [5.74, 6) is 6.27. The standard InChI is InChI=1S/C25H28N8O2.C6H12O2/c1-4-5-13-32-21-22(29-24(32)31-12-8-9-17(26)14-31)30(3)25(35)33(23(21)34)15-20-27-16(2)18-10-6-7-11-19(18)28-20;1-2-3-4-5-6(7)8/h6-7,10-11,17H,8-9,12-15,26H2,1-3H3;2-5H2,1H3,(H,7,8)/t17-;/m1./s1. The second kappa shape index (κ2) is 14.1. The van der Waals surface area contributed by atoms with Crippen LogP contribution < -0.4 is 21.9 Å². The van der Waals surface area contributed by atoms with Crippen molar-refractivity contribution in [1.82, 2.24) is 28.7 Å². The van der Waals surface area contributed by atoms with Gasteiger partial charge in [-0.2, -0.15) is 4.98 Å². The number of aliphatic carboxylic acids is 1. The van der Waals surface area contributed by atoms with Gasteiger partial charge in [-0.3, -0.25) is 23.3 Å². The summed E-state index contributed by atoms with van der Waals surface area (Å²) in [6, 6.07) is 7.71. The molecule has 12 heteroatoms. The van der Waals surface area contributed by atoms with E-state index in [0.29, 0.717) is 35.9 Å². The average molecular weight is 589 g/mol. The van der Waals surface area contributed by atoms with Crippen LogP contribution >= 0.6 is 0 Å². The normalized spacial score (nSPS) is 14.7. The maximum atomic E-state index is 13.7. The number of para-hydroxylation sites is 1. The summed E-state index contributed by atoms with van der Waals surface area (Å²) < 4.78 is 4.39. The molecule has 12 nitrogen and oxygen atoms in total. The quantitative estimate of drug-likeness (QED) is 0.234. The maximum Gasteiger partial charge on any atom is 0.332 e. The van der Waals surface area contributed by atoms with Crippen molar-refractivity contribution in [2.45, 2.75) is 78.4 Å². The molecule has 0 unspecified atom stereocenters. The first kappa shape index (κ1) is 31.4. The molecular weight excluding hydrogens is 548 g/mol. The zero-order chi connectivity index (χ0) is 31.1. The third-order valence-corrected chi connectivity index (χ3v) is 7.50. The minimum Gasteiger partial charge on any atom is -0.481 e. The molecule has 1 aromatic carbocycles. The number of benzene rings is 1. The van der Waals surface area contributed by atoms with Crippen LogP contribution in [-0.4, -0.2) is 58.9 Å². The Balaban J connectivity index is 0.000000467. The van der Waals surface area contributed by atoms with Crippen molar-refractivity contribution in [2.24, 2.45) is 12.8 Å². The number of fused-ring (bicyclic) bond motifs is 2. The highest BCUT2D eigenvalue weighted by Crippen LogP contribution is 2.23. The van der Waals surface area contributed by atoms with Crippen LogP contribution in [0, 0.1) is 18.8 Å². The molecule has 4 aromatic rings. The molecule has 4 heterocycles. The van der Waals surface area contributed by atoms with Crippen LogP contribution in [0.1, 0.15) is 63.9 Å². The van der Waals surface area contributed by atoms with E-state index in [9.17, 15) is 14.4 Å². The molecule has 0 saturated carbocycles. The Bertz CT molecular complexity index is 1790. The number of carboxylic acids is 1. The Morgan fingerprint density at radius 2 is 1.91 bits per heavy atom. The first-order chi connectivity index (χ1) is 20.7. The third kappa shape index (κ3) is 7.11. The van der Waals surface area contributed by atoms with Crippen molar-refractivity contribution in [3.05, 3.63) is 56.6 Å². The molecule has 0 spiro atoms. The number of aromatic nitrogens is 6. The third-order valence-electron chi connectivity index (χ3n) is 7.50. The van der Waals surface area contributed by atoms with E-state index >= 15 is 0 Å². The molecule has 0 radical (unpaired) electrons. The molecule has 1 saturated heterocycles. The topological polar surface area (TPSA) is 154 Å². The van der Waals surface area contributed by atoms with Gasteiger partial charge in [-0.1, -0.05) is 43.9 Å². The summed E-state index contributed by atoms with van der Waals surface area (Å²) in [5.41, 5.74) is 7.54. The maximum absolute atomic E-state index is 13.7. The van der Waals surface area contributed by atoms with Gasteiger partial charge in [-0.25, -0.2) is 14.8 Å². The average Bonchev–Trinajstić information content (AvgIpc) is 3.37. The second-order valence-electron chi connectivity index (χ2n) is 10.8. The Morgan fingerprint density at radius 3 is 2.60 bits per heavy atom. The van der Waals surface area contributed by atoms with E-state index in [2.05, 4.69) is 33.6 Å². The van der Waals surface area contributed by atoms with Gasteiger partial charge in [0, 0.05) is 43.7 Å². The van der Waals surface area contributed by atoms with Gasteiger partial charge in [-0.15, -0.1) is 5.92 Å². The van der Waals surface area contributed by atoms with Crippen LogP contribution in [0.15, 0.2) is 33.9 Å². The Labute approximate surface area is 250 Å². The van der Waals surface area contributed by atoms with Crippen LogP contribution in [0.4, 0.5) is 5.95 Å². The van der Waals surface area contributed by atoms with Crippen LogP contribution in [0.25, 0.3) is 22.1 Å². The van der Waals surface area contributed by atoms with Crippen molar-refractivity contribution in [3.63, 3.8) is 0 Å². The lowest BCUT2D eigenvalue weighted by Crippen LogP contribution is -2.44. The summed E-state index contributed by atoms with van der Waals surface area (Å²) in [7, 11) is 1.63. The van der Waals surface area contributed by atoms with Gasteiger partial charge in [0.1, 0.15) is 5.82 Å². The highest BCUT2D eigenvalue weighted by molar-refractivity contribution is 5.80. The number of piperidine rings is 1. The van der Waals surface area contributed by atoms with E-state index in [1.165, 1.54) is 9.13 Å². The second-order valence-corrected chi connectivity index (χ2v) is 10.8. The highest BCUT2D eigenvalue weighted by Gasteiger charge is 2.26. The number of carboxylic acid groups (broad SMARTS) is 1. The Morgan fingerprint density at radius 1 is 1.14 bits per heavy atom. The van der Waals surface area contributed by atoms with Crippen molar-refractivity contribution < 1.29 is 9.90 Å². The van der Waals surface area contributed by atoms with Crippen LogP contribution in [0.3, 0.4) is 0 Å². The molecule has 228 valence electrons. The smallest absolute Gasteiger partial charge is 0.332 e. The lowest BCUT2D eigenvalue weighted by Gasteiger charge is -2.31. The lowest BCUT2D eigenvalue weighted by molar-refractivity contribution is -0.137. The number of nitrogens with zero attached hydrogens (tertiary/aromatic N) is 7. The molecule has 0 bridgehead atoms. The van der Waals surface area contributed by atoms with Crippen molar-refractivity contribution in [3.8, 4) is 11.8 Å². The van der Waals surface area contributed by atoms with Crippen LogP contribution in [0.5, 0.6) is 0 Å². The number of hydrogen-bond donors (Lipinski definition) is 2. The van der Waals surface area contributed by atoms with E-state index in [1.807, 2.05) is 31.2 Å². The number of aryl methyl sites for hydroxylation is 2. The number of rotatable bonds is 8. The molecule has 43 heavy (non-hydrogen) atoms. The molecule has 1 fully saturated rings. The van der Waals surface area contributed by atoms with E-state index in [1.54, 1.807) is 18.5 Å². The van der Waals surface area contributed by atoms with E-state index < -0.39 is 17.2 Å². The number of imidazole rings is 1. The Hall–Kier alpha value is -4.50. The predicted molar refractivity (Wildman–Crippen MR) is 167 cm³/mol. The molecule has 1 aliphatic rings. The molecule has 0 amide bonds. The van der Waals surface area contributed by atoms with Crippen molar-refractivity contribution in [2.75, 3.05) is 18.0 Å². The number of nitrogens with two attached hydrogens (primary N) is 1. The molecule has 3 N–H and O–H groups in total. The first-order valence-electron chi connectivity index (χ1n) is 14.7. The number of anilines is 1. The van der Waals surface area contributed by atoms with Crippen molar-refractivity contribution >= 4 is 34.0 Å². The molecule has 1 atom stereocenters. The summed E-state index contributed by atoms with van der Waals surface area (Å²) in [4.78, 5) is 52.9. The zero-order valence-corrected chi connectivity index (χ0v) is 25.3. The monoisotopic (exact) mass is 588 g/mol. The molecule has 5 rings (SSSR count). The largest absolute Gasteiger partial charge is 0.481 e. The van der Waals surface area contributed by atoms with Gasteiger partial charge < -0.3 is 15.7 Å². The summed E-state index contributed by atoms with van der Waals surface area (Å²) in [5, 5.41) is 9.08. The van der Waals surface area contributed by atoms with Crippen molar-refractivity contribution in [1.29, 1.82) is 0 Å². The van der Waals surface area contributed by atoms with E-state index in [0.717, 1.165) is 55.2 Å². The summed E-state index contributed by atoms with van der Waals surface area (Å²) in [6.45, 7) is 7.36.